The highest BCUT2D eigenvalue weighted by atomic mass is 16.7. The van der Waals surface area contributed by atoms with Crippen LogP contribution in [0.25, 0.3) is 0 Å². The normalized spacial score (nSPS) is 24.4. The number of aliphatic hydroxyl groups is 1. The molecule has 0 amide bonds. The minimum absolute atomic E-state index is 0.147. The van der Waals surface area contributed by atoms with Gasteiger partial charge in [-0.05, 0) is 17.7 Å². The Morgan fingerprint density at radius 1 is 1.00 bits per heavy atom. The molecule has 0 aliphatic carbocycles. The third-order valence-corrected chi connectivity index (χ3v) is 4.16. The van der Waals surface area contributed by atoms with E-state index in [1.54, 1.807) is 30.3 Å². The largest absolute Gasteiger partial charge is 0.467 e. The molecule has 0 radical (unpaired) electrons. The van der Waals surface area contributed by atoms with Crippen LogP contribution in [0.3, 0.4) is 0 Å². The topological polar surface area (TPSA) is 91.3 Å². The fraction of sp³-hybridized carbons (Fsp3) is 0.300. The number of esters is 2. The molecule has 0 spiro atoms. The van der Waals surface area contributed by atoms with Crippen molar-refractivity contribution in [2.24, 2.45) is 0 Å². The number of hydrogen-bond donors (Lipinski definition) is 1. The Bertz CT molecular complexity index is 762. The summed E-state index contributed by atoms with van der Waals surface area (Å²) in [6, 6.07) is 17.6. The van der Waals surface area contributed by atoms with Gasteiger partial charge in [0.15, 0.2) is 18.5 Å². The van der Waals surface area contributed by atoms with Gasteiger partial charge in [-0.15, -0.1) is 0 Å². The van der Waals surface area contributed by atoms with Gasteiger partial charge in [-0.25, -0.2) is 9.59 Å². The quantitative estimate of drug-likeness (QED) is 0.772. The summed E-state index contributed by atoms with van der Waals surface area (Å²) >= 11 is 0. The predicted molar refractivity (Wildman–Crippen MR) is 93.6 cm³/mol. The molecule has 0 bridgehead atoms. The number of benzene rings is 2. The number of aliphatic hydroxyl groups excluding tert-OH is 1. The number of carbonyl (C=O) groups is 2. The molecule has 4 atom stereocenters. The molecule has 142 valence electrons. The van der Waals surface area contributed by atoms with Crippen molar-refractivity contribution in [2.75, 3.05) is 7.11 Å². The van der Waals surface area contributed by atoms with Gasteiger partial charge in [0.25, 0.3) is 0 Å². The Labute approximate surface area is 156 Å². The summed E-state index contributed by atoms with van der Waals surface area (Å²) in [6.45, 7) is 0.147. The fourth-order valence-corrected chi connectivity index (χ4v) is 2.79. The zero-order chi connectivity index (χ0) is 19.2. The lowest BCUT2D eigenvalue weighted by Crippen LogP contribution is -2.41. The van der Waals surface area contributed by atoms with Crippen LogP contribution in [0.5, 0.6) is 0 Å². The highest BCUT2D eigenvalue weighted by Crippen LogP contribution is 2.28. The highest BCUT2D eigenvalue weighted by molar-refractivity contribution is 5.89. The SMILES string of the molecule is COC(=O)[C@H]1OC(O)[C@H](OC(=O)c2ccccc2)[C@H]1OCc1ccccc1. The monoisotopic (exact) mass is 372 g/mol. The molecule has 1 saturated heterocycles. The molecule has 2 aromatic carbocycles. The maximum absolute atomic E-state index is 12.4. The van der Waals surface area contributed by atoms with E-state index in [2.05, 4.69) is 0 Å². The van der Waals surface area contributed by atoms with Gasteiger partial charge in [-0.3, -0.25) is 0 Å². The third-order valence-electron chi connectivity index (χ3n) is 4.16. The molecule has 27 heavy (non-hydrogen) atoms. The lowest BCUT2D eigenvalue weighted by molar-refractivity contribution is -0.169. The predicted octanol–water partition coefficient (Wildman–Crippen LogP) is 1.69. The van der Waals surface area contributed by atoms with Crippen molar-refractivity contribution in [1.29, 1.82) is 0 Å². The number of methoxy groups -OCH3 is 1. The van der Waals surface area contributed by atoms with E-state index in [0.29, 0.717) is 5.56 Å². The van der Waals surface area contributed by atoms with Gasteiger partial charge in [-0.1, -0.05) is 48.5 Å². The van der Waals surface area contributed by atoms with Crippen LogP contribution in [0.4, 0.5) is 0 Å². The molecule has 0 saturated carbocycles. The van der Waals surface area contributed by atoms with E-state index in [0.717, 1.165) is 5.56 Å². The lowest BCUT2D eigenvalue weighted by atomic mass is 10.1. The van der Waals surface area contributed by atoms with Gasteiger partial charge in [0, 0.05) is 0 Å². The van der Waals surface area contributed by atoms with Crippen LogP contribution in [-0.4, -0.2) is 48.8 Å². The molecule has 1 N–H and O–H groups in total. The molecule has 0 aromatic heterocycles. The van der Waals surface area contributed by atoms with E-state index in [1.807, 2.05) is 30.3 Å². The van der Waals surface area contributed by atoms with Gasteiger partial charge in [0.1, 0.15) is 6.10 Å². The zero-order valence-electron chi connectivity index (χ0n) is 14.7. The number of carbonyl (C=O) groups excluding carboxylic acids is 2. The number of rotatable bonds is 6. The van der Waals surface area contributed by atoms with Crippen molar-refractivity contribution in [3.63, 3.8) is 0 Å². The Kier molecular flexibility index (Phi) is 6.18. The van der Waals surface area contributed by atoms with E-state index in [9.17, 15) is 14.7 Å². The van der Waals surface area contributed by atoms with Crippen LogP contribution in [0.2, 0.25) is 0 Å². The van der Waals surface area contributed by atoms with Crippen LogP contribution in [0.15, 0.2) is 60.7 Å². The second kappa shape index (κ2) is 8.77. The molecule has 1 aliphatic heterocycles. The first kappa shape index (κ1) is 19.0. The minimum atomic E-state index is -1.51. The Morgan fingerprint density at radius 2 is 1.63 bits per heavy atom. The van der Waals surface area contributed by atoms with Gasteiger partial charge in [-0.2, -0.15) is 0 Å². The van der Waals surface area contributed by atoms with Crippen LogP contribution in [0, 0.1) is 0 Å². The van der Waals surface area contributed by atoms with E-state index in [4.69, 9.17) is 18.9 Å². The summed E-state index contributed by atoms with van der Waals surface area (Å²) in [6.07, 6.45) is -4.91. The van der Waals surface area contributed by atoms with E-state index < -0.39 is 36.5 Å². The molecule has 7 heteroatoms. The highest BCUT2D eigenvalue weighted by Gasteiger charge is 2.51. The fourth-order valence-electron chi connectivity index (χ4n) is 2.79. The molecule has 2 aromatic rings. The van der Waals surface area contributed by atoms with Crippen molar-refractivity contribution >= 4 is 11.9 Å². The number of ether oxygens (including phenoxy) is 4. The molecule has 3 rings (SSSR count). The smallest absolute Gasteiger partial charge is 0.338 e. The van der Waals surface area contributed by atoms with Gasteiger partial charge < -0.3 is 24.1 Å². The summed E-state index contributed by atoms with van der Waals surface area (Å²) in [7, 11) is 1.20. The van der Waals surface area contributed by atoms with Crippen LogP contribution in [-0.2, 0) is 30.3 Å². The zero-order valence-corrected chi connectivity index (χ0v) is 14.7. The Balaban J connectivity index is 1.76. The summed E-state index contributed by atoms with van der Waals surface area (Å²) in [4.78, 5) is 24.4. The van der Waals surface area contributed by atoms with Gasteiger partial charge >= 0.3 is 11.9 Å². The Morgan fingerprint density at radius 3 is 2.26 bits per heavy atom. The Hall–Kier alpha value is -2.74. The second-order valence-electron chi connectivity index (χ2n) is 5.97. The van der Waals surface area contributed by atoms with E-state index in [-0.39, 0.29) is 6.61 Å². The van der Waals surface area contributed by atoms with Gasteiger partial charge in [0.2, 0.25) is 0 Å². The van der Waals surface area contributed by atoms with Crippen molar-refractivity contribution in [2.45, 2.75) is 31.2 Å². The molecular weight excluding hydrogens is 352 g/mol. The molecule has 1 heterocycles. The molecular formula is C20H20O7. The average Bonchev–Trinajstić information content (AvgIpc) is 3.02. The average molecular weight is 372 g/mol. The second-order valence-corrected chi connectivity index (χ2v) is 5.97. The maximum atomic E-state index is 12.4. The lowest BCUT2D eigenvalue weighted by Gasteiger charge is -2.22. The molecule has 1 unspecified atom stereocenters. The van der Waals surface area contributed by atoms with E-state index in [1.165, 1.54) is 7.11 Å². The minimum Gasteiger partial charge on any atom is -0.467 e. The summed E-state index contributed by atoms with van der Waals surface area (Å²) < 4.78 is 21.1. The molecule has 1 aliphatic rings. The summed E-state index contributed by atoms with van der Waals surface area (Å²) in [5.74, 6) is -1.37. The molecule has 1 fully saturated rings. The maximum Gasteiger partial charge on any atom is 0.338 e. The van der Waals surface area contributed by atoms with Crippen molar-refractivity contribution in [3.05, 3.63) is 71.8 Å². The summed E-state index contributed by atoms with van der Waals surface area (Å²) in [5.41, 5.74) is 1.17. The van der Waals surface area contributed by atoms with Gasteiger partial charge in [0.05, 0.1) is 19.3 Å². The first-order valence-electron chi connectivity index (χ1n) is 8.43. The molecule has 7 nitrogen and oxygen atoms in total. The van der Waals surface area contributed by atoms with Crippen LogP contribution >= 0.6 is 0 Å². The number of hydrogen-bond acceptors (Lipinski definition) is 7. The van der Waals surface area contributed by atoms with E-state index >= 15 is 0 Å². The van der Waals surface area contributed by atoms with Crippen molar-refractivity contribution in [3.8, 4) is 0 Å². The van der Waals surface area contributed by atoms with Crippen molar-refractivity contribution in [1.82, 2.24) is 0 Å². The summed E-state index contributed by atoms with van der Waals surface area (Å²) in [5, 5.41) is 10.2. The first-order valence-corrected chi connectivity index (χ1v) is 8.43. The van der Waals surface area contributed by atoms with Crippen molar-refractivity contribution < 1.29 is 33.6 Å². The third kappa shape index (κ3) is 4.51. The van der Waals surface area contributed by atoms with Crippen LogP contribution < -0.4 is 0 Å². The first-order chi connectivity index (χ1) is 13.1. The van der Waals surface area contributed by atoms with Crippen LogP contribution in [0.1, 0.15) is 15.9 Å². The standard InChI is InChI=1S/C20H20O7/c1-24-19(22)16-15(25-12-13-8-4-2-5-9-13)17(20(23)27-16)26-18(21)14-10-6-3-7-11-14/h2-11,15-17,20,23H,12H2,1H3/t15-,16-,17+,20?/m0/s1.